The highest BCUT2D eigenvalue weighted by molar-refractivity contribution is 5.74. The fraction of sp³-hybridized carbons (Fsp3) is 0.867. The molecule has 0 spiro atoms. The maximum atomic E-state index is 12.3. The molecule has 0 aromatic rings. The van der Waals surface area contributed by atoms with Crippen LogP contribution in [0.5, 0.6) is 0 Å². The summed E-state index contributed by atoms with van der Waals surface area (Å²) in [7, 11) is 0. The Hall–Kier alpha value is -1.30. The molecule has 0 saturated carbocycles. The highest BCUT2D eigenvalue weighted by Gasteiger charge is 2.24. The van der Waals surface area contributed by atoms with Crippen LogP contribution in [-0.4, -0.2) is 54.2 Å². The summed E-state index contributed by atoms with van der Waals surface area (Å²) in [6, 6.07) is 0.375. The van der Waals surface area contributed by atoms with Crippen molar-refractivity contribution in [1.29, 1.82) is 0 Å². The number of rotatable bonds is 9. The van der Waals surface area contributed by atoms with Crippen molar-refractivity contribution in [3.05, 3.63) is 0 Å². The van der Waals surface area contributed by atoms with Gasteiger partial charge in [-0.1, -0.05) is 13.3 Å². The number of carboxylic acids is 1. The van der Waals surface area contributed by atoms with Crippen LogP contribution in [0.1, 0.15) is 51.9 Å². The Morgan fingerprint density at radius 1 is 1.24 bits per heavy atom. The molecule has 1 aliphatic heterocycles. The molecule has 21 heavy (non-hydrogen) atoms. The molecule has 1 heterocycles. The van der Waals surface area contributed by atoms with Gasteiger partial charge in [-0.25, -0.2) is 4.79 Å². The predicted octanol–water partition coefficient (Wildman–Crippen LogP) is 1.80. The van der Waals surface area contributed by atoms with Gasteiger partial charge in [-0.3, -0.25) is 4.79 Å². The highest BCUT2D eigenvalue weighted by Crippen LogP contribution is 2.12. The van der Waals surface area contributed by atoms with E-state index in [-0.39, 0.29) is 12.5 Å². The zero-order chi connectivity index (χ0) is 15.5. The van der Waals surface area contributed by atoms with E-state index in [1.165, 1.54) is 0 Å². The summed E-state index contributed by atoms with van der Waals surface area (Å²) in [6.45, 7) is 5.48. The lowest BCUT2D eigenvalue weighted by atomic mass is 10.0. The SMILES string of the molecule is CCCN(C(=O)NCCCCCC(=O)O)C1CCNCC1. The molecule has 0 radical (unpaired) electrons. The van der Waals surface area contributed by atoms with Gasteiger partial charge in [-0.05, 0) is 45.2 Å². The Labute approximate surface area is 127 Å². The van der Waals surface area contributed by atoms with Gasteiger partial charge in [-0.15, -0.1) is 0 Å². The Bertz CT molecular complexity index is 317. The third-order valence-corrected chi connectivity index (χ3v) is 3.82. The molecule has 2 amide bonds. The number of unbranched alkanes of at least 4 members (excludes halogenated alkanes) is 2. The largest absolute Gasteiger partial charge is 0.481 e. The van der Waals surface area contributed by atoms with E-state index in [9.17, 15) is 9.59 Å². The highest BCUT2D eigenvalue weighted by atomic mass is 16.4. The zero-order valence-corrected chi connectivity index (χ0v) is 13.1. The third-order valence-electron chi connectivity index (χ3n) is 3.82. The minimum absolute atomic E-state index is 0.0296. The monoisotopic (exact) mass is 299 g/mol. The first-order valence-corrected chi connectivity index (χ1v) is 8.12. The maximum absolute atomic E-state index is 12.3. The van der Waals surface area contributed by atoms with Crippen molar-refractivity contribution in [3.63, 3.8) is 0 Å². The van der Waals surface area contributed by atoms with Gasteiger partial charge in [0.1, 0.15) is 0 Å². The van der Waals surface area contributed by atoms with Crippen molar-refractivity contribution in [2.45, 2.75) is 57.9 Å². The number of urea groups is 1. The van der Waals surface area contributed by atoms with Crippen LogP contribution in [0.25, 0.3) is 0 Å². The third kappa shape index (κ3) is 7.32. The van der Waals surface area contributed by atoms with Crippen molar-refractivity contribution in [2.24, 2.45) is 0 Å². The second kappa shape index (κ2) is 10.4. The Morgan fingerprint density at radius 3 is 2.57 bits per heavy atom. The average Bonchev–Trinajstić information content (AvgIpc) is 2.48. The molecule has 0 bridgehead atoms. The van der Waals surface area contributed by atoms with Crippen LogP contribution >= 0.6 is 0 Å². The number of piperidine rings is 1. The Balaban J connectivity index is 2.24. The molecular weight excluding hydrogens is 270 g/mol. The summed E-state index contributed by atoms with van der Waals surface area (Å²) in [5.41, 5.74) is 0. The van der Waals surface area contributed by atoms with E-state index in [0.717, 1.165) is 51.7 Å². The quantitative estimate of drug-likeness (QED) is 0.567. The van der Waals surface area contributed by atoms with Gasteiger partial charge in [-0.2, -0.15) is 0 Å². The number of carboxylic acid groups (broad SMARTS) is 1. The molecule has 0 atom stereocenters. The molecule has 3 N–H and O–H groups in total. The van der Waals surface area contributed by atoms with Crippen LogP contribution in [-0.2, 0) is 4.79 Å². The molecule has 1 fully saturated rings. The number of aliphatic carboxylic acids is 1. The second-order valence-electron chi connectivity index (χ2n) is 5.61. The predicted molar refractivity (Wildman–Crippen MR) is 82.4 cm³/mol. The van der Waals surface area contributed by atoms with Crippen LogP contribution in [0, 0.1) is 0 Å². The standard InChI is InChI=1S/C15H29N3O3/c1-2-12-18(13-7-10-16-11-8-13)15(21)17-9-5-3-4-6-14(19)20/h13,16H,2-12H2,1H3,(H,17,21)(H,19,20). The van der Waals surface area contributed by atoms with E-state index in [2.05, 4.69) is 17.6 Å². The van der Waals surface area contributed by atoms with E-state index < -0.39 is 5.97 Å². The number of nitrogens with one attached hydrogen (secondary N) is 2. The summed E-state index contributed by atoms with van der Waals surface area (Å²) < 4.78 is 0. The van der Waals surface area contributed by atoms with Crippen molar-refractivity contribution < 1.29 is 14.7 Å². The Morgan fingerprint density at radius 2 is 1.95 bits per heavy atom. The zero-order valence-electron chi connectivity index (χ0n) is 13.1. The maximum Gasteiger partial charge on any atom is 0.317 e. The van der Waals surface area contributed by atoms with E-state index in [1.54, 1.807) is 0 Å². The van der Waals surface area contributed by atoms with Crippen LogP contribution in [0.15, 0.2) is 0 Å². The number of carbonyl (C=O) groups is 2. The molecule has 122 valence electrons. The van der Waals surface area contributed by atoms with E-state index >= 15 is 0 Å². The molecule has 1 aliphatic rings. The van der Waals surface area contributed by atoms with Crippen LogP contribution in [0.2, 0.25) is 0 Å². The van der Waals surface area contributed by atoms with Crippen LogP contribution < -0.4 is 10.6 Å². The van der Waals surface area contributed by atoms with Gasteiger partial charge < -0.3 is 20.6 Å². The summed E-state index contributed by atoms with van der Waals surface area (Å²) in [4.78, 5) is 24.6. The number of amides is 2. The molecular formula is C15H29N3O3. The summed E-state index contributed by atoms with van der Waals surface area (Å²) >= 11 is 0. The van der Waals surface area contributed by atoms with Gasteiger partial charge in [0.05, 0.1) is 0 Å². The van der Waals surface area contributed by atoms with Gasteiger partial charge in [0.25, 0.3) is 0 Å². The fourth-order valence-corrected chi connectivity index (χ4v) is 2.68. The number of nitrogens with zero attached hydrogens (tertiary/aromatic N) is 1. The molecule has 0 aromatic carbocycles. The minimum Gasteiger partial charge on any atom is -0.481 e. The van der Waals surface area contributed by atoms with Crippen LogP contribution in [0.4, 0.5) is 4.79 Å². The first kappa shape index (κ1) is 17.8. The molecule has 1 rings (SSSR count). The number of carbonyl (C=O) groups excluding carboxylic acids is 1. The van der Waals surface area contributed by atoms with Gasteiger partial charge >= 0.3 is 12.0 Å². The van der Waals surface area contributed by atoms with Crippen molar-refractivity contribution in [1.82, 2.24) is 15.5 Å². The minimum atomic E-state index is -0.751. The smallest absolute Gasteiger partial charge is 0.317 e. The molecule has 0 aromatic heterocycles. The lowest BCUT2D eigenvalue weighted by Gasteiger charge is -2.34. The number of hydrogen-bond donors (Lipinski definition) is 3. The van der Waals surface area contributed by atoms with Gasteiger partial charge in [0.2, 0.25) is 0 Å². The summed E-state index contributed by atoms with van der Waals surface area (Å²) in [5, 5.41) is 14.8. The number of hydrogen-bond acceptors (Lipinski definition) is 3. The van der Waals surface area contributed by atoms with Gasteiger partial charge in [0.15, 0.2) is 0 Å². The molecule has 0 aliphatic carbocycles. The second-order valence-corrected chi connectivity index (χ2v) is 5.61. The average molecular weight is 299 g/mol. The lowest BCUT2D eigenvalue weighted by molar-refractivity contribution is -0.137. The first-order chi connectivity index (χ1) is 10.1. The summed E-state index contributed by atoms with van der Waals surface area (Å²) in [5.74, 6) is -0.751. The topological polar surface area (TPSA) is 81.7 Å². The van der Waals surface area contributed by atoms with E-state index in [0.29, 0.717) is 19.0 Å². The fourth-order valence-electron chi connectivity index (χ4n) is 2.68. The van der Waals surface area contributed by atoms with Crippen molar-refractivity contribution in [3.8, 4) is 0 Å². The van der Waals surface area contributed by atoms with Crippen molar-refractivity contribution in [2.75, 3.05) is 26.2 Å². The molecule has 6 heteroatoms. The molecule has 6 nitrogen and oxygen atoms in total. The molecule has 0 unspecified atom stereocenters. The molecule has 1 saturated heterocycles. The lowest BCUT2D eigenvalue weighted by Crippen LogP contribution is -2.50. The summed E-state index contributed by atoms with van der Waals surface area (Å²) in [6.07, 6.45) is 5.58. The van der Waals surface area contributed by atoms with Crippen molar-refractivity contribution >= 4 is 12.0 Å². The first-order valence-electron chi connectivity index (χ1n) is 8.12. The van der Waals surface area contributed by atoms with Crippen LogP contribution in [0.3, 0.4) is 0 Å². The van der Waals surface area contributed by atoms with E-state index in [4.69, 9.17) is 5.11 Å². The Kier molecular flexibility index (Phi) is 8.82. The normalized spacial score (nSPS) is 15.7. The van der Waals surface area contributed by atoms with Gasteiger partial charge in [0, 0.05) is 25.6 Å². The van der Waals surface area contributed by atoms with E-state index in [1.807, 2.05) is 4.90 Å².